The number of piperidine rings is 1. The lowest BCUT2D eigenvalue weighted by atomic mass is 10.0. The van der Waals surface area contributed by atoms with Crippen LogP contribution in [0.4, 0.5) is 10.1 Å². The lowest BCUT2D eigenvalue weighted by Gasteiger charge is -2.34. The summed E-state index contributed by atoms with van der Waals surface area (Å²) < 4.78 is 18.4. The molecule has 39 heavy (non-hydrogen) atoms. The zero-order chi connectivity index (χ0) is 27.2. The van der Waals surface area contributed by atoms with Gasteiger partial charge in [-0.2, -0.15) is 0 Å². The number of benzene rings is 2. The Bertz CT molecular complexity index is 1250. The van der Waals surface area contributed by atoms with Gasteiger partial charge in [0.2, 0.25) is 0 Å². The van der Waals surface area contributed by atoms with Crippen LogP contribution in [0.2, 0.25) is 0 Å². The molecule has 2 aromatic carbocycles. The highest BCUT2D eigenvalue weighted by Crippen LogP contribution is 2.23. The zero-order valence-corrected chi connectivity index (χ0v) is 22.2. The predicted molar refractivity (Wildman–Crippen MR) is 148 cm³/mol. The van der Waals surface area contributed by atoms with Gasteiger partial charge in [-0.05, 0) is 66.9 Å². The molecule has 1 N–H and O–H groups in total. The van der Waals surface area contributed by atoms with E-state index in [4.69, 9.17) is 4.74 Å². The molecule has 2 fully saturated rings. The summed E-state index contributed by atoms with van der Waals surface area (Å²) in [7, 11) is 1.66. The zero-order valence-electron chi connectivity index (χ0n) is 22.2. The highest BCUT2D eigenvalue weighted by Gasteiger charge is 2.24. The first kappa shape index (κ1) is 26.6. The van der Waals surface area contributed by atoms with Gasteiger partial charge >= 0.3 is 0 Å². The van der Waals surface area contributed by atoms with Gasteiger partial charge in [-0.15, -0.1) is 0 Å². The molecule has 3 heterocycles. The maximum Gasteiger partial charge on any atom is 0.272 e. The summed E-state index contributed by atoms with van der Waals surface area (Å²) in [6.45, 7) is 5.12. The van der Waals surface area contributed by atoms with E-state index in [1.54, 1.807) is 36.3 Å². The quantitative estimate of drug-likeness (QED) is 0.502. The Morgan fingerprint density at radius 1 is 0.923 bits per heavy atom. The summed E-state index contributed by atoms with van der Waals surface area (Å²) >= 11 is 0. The number of rotatable bonds is 7. The Morgan fingerprint density at radius 3 is 2.23 bits per heavy atom. The lowest BCUT2D eigenvalue weighted by molar-refractivity contribution is 0.0622. The molecule has 8 nitrogen and oxygen atoms in total. The topological polar surface area (TPSA) is 78.0 Å². The molecular weight excluding hydrogens is 497 g/mol. The van der Waals surface area contributed by atoms with Crippen molar-refractivity contribution in [2.45, 2.75) is 25.4 Å². The Morgan fingerprint density at radius 2 is 1.62 bits per heavy atom. The predicted octanol–water partition coefficient (Wildman–Crippen LogP) is 3.59. The van der Waals surface area contributed by atoms with Gasteiger partial charge in [0.15, 0.2) is 0 Å². The molecule has 5 rings (SSSR count). The van der Waals surface area contributed by atoms with Crippen LogP contribution in [0.25, 0.3) is 0 Å². The standard InChI is InChI=1S/C30H34FN5O3/c1-39-27-9-7-26(8-10-27)35-14-12-25(13-15-35)33-29(37)23-4-11-28(32-20-23)30(38)36-18-16-34(17-19-36)21-22-2-5-24(31)6-3-22/h2-11,20,25H,12-19,21H2,1H3,(H,33,37). The normalized spacial score (nSPS) is 16.7. The molecule has 204 valence electrons. The molecule has 0 unspecified atom stereocenters. The summed E-state index contributed by atoms with van der Waals surface area (Å²) in [5.41, 5.74) is 2.99. The van der Waals surface area contributed by atoms with Crippen LogP contribution in [0, 0.1) is 5.82 Å². The Labute approximate surface area is 228 Å². The third-order valence-electron chi connectivity index (χ3n) is 7.49. The fourth-order valence-electron chi connectivity index (χ4n) is 5.12. The number of halogens is 1. The van der Waals surface area contributed by atoms with E-state index in [2.05, 4.69) is 32.2 Å². The van der Waals surface area contributed by atoms with Crippen molar-refractivity contribution in [2.24, 2.45) is 0 Å². The number of nitrogens with one attached hydrogen (secondary N) is 1. The molecule has 0 atom stereocenters. The number of anilines is 1. The van der Waals surface area contributed by atoms with E-state index in [1.807, 2.05) is 12.1 Å². The molecule has 0 aliphatic carbocycles. The van der Waals surface area contributed by atoms with Gasteiger partial charge in [-0.25, -0.2) is 4.39 Å². The average molecular weight is 532 g/mol. The average Bonchev–Trinajstić information content (AvgIpc) is 2.99. The van der Waals surface area contributed by atoms with E-state index in [-0.39, 0.29) is 23.7 Å². The molecular formula is C30H34FN5O3. The number of piperazine rings is 1. The Kier molecular flexibility index (Phi) is 8.36. The number of nitrogens with zero attached hydrogens (tertiary/aromatic N) is 4. The Hall–Kier alpha value is -3.98. The first-order valence-corrected chi connectivity index (χ1v) is 13.4. The number of methoxy groups -OCH3 is 1. The van der Waals surface area contributed by atoms with Crippen molar-refractivity contribution in [3.05, 3.63) is 89.5 Å². The fourth-order valence-corrected chi connectivity index (χ4v) is 5.12. The molecule has 2 amide bonds. The van der Waals surface area contributed by atoms with E-state index in [0.29, 0.717) is 24.3 Å². The van der Waals surface area contributed by atoms with Crippen molar-refractivity contribution in [1.82, 2.24) is 20.1 Å². The maximum atomic E-state index is 13.1. The monoisotopic (exact) mass is 531 g/mol. The molecule has 0 spiro atoms. The summed E-state index contributed by atoms with van der Waals surface area (Å²) in [6, 6.07) is 18.0. The number of ether oxygens (including phenoxy) is 1. The fraction of sp³-hybridized carbons (Fsp3) is 0.367. The van der Waals surface area contributed by atoms with Gasteiger partial charge in [0, 0.05) is 63.7 Å². The second kappa shape index (κ2) is 12.3. The van der Waals surface area contributed by atoms with Crippen molar-refractivity contribution in [2.75, 3.05) is 51.3 Å². The van der Waals surface area contributed by atoms with Crippen molar-refractivity contribution < 1.29 is 18.7 Å². The van der Waals surface area contributed by atoms with Crippen LogP contribution < -0.4 is 15.0 Å². The van der Waals surface area contributed by atoms with Crippen molar-refractivity contribution in [1.29, 1.82) is 0 Å². The second-order valence-corrected chi connectivity index (χ2v) is 10.1. The second-order valence-electron chi connectivity index (χ2n) is 10.1. The van der Waals surface area contributed by atoms with Gasteiger partial charge < -0.3 is 19.9 Å². The minimum absolute atomic E-state index is 0.0968. The van der Waals surface area contributed by atoms with E-state index < -0.39 is 0 Å². The van der Waals surface area contributed by atoms with Crippen molar-refractivity contribution in [3.63, 3.8) is 0 Å². The van der Waals surface area contributed by atoms with Gasteiger partial charge in [-0.3, -0.25) is 19.5 Å². The van der Waals surface area contributed by atoms with Crippen LogP contribution in [0.5, 0.6) is 5.75 Å². The smallest absolute Gasteiger partial charge is 0.272 e. The highest BCUT2D eigenvalue weighted by atomic mass is 19.1. The number of carbonyl (C=O) groups is 2. The van der Waals surface area contributed by atoms with Gasteiger partial charge in [0.25, 0.3) is 11.8 Å². The van der Waals surface area contributed by atoms with Gasteiger partial charge in [0.1, 0.15) is 17.3 Å². The number of aromatic nitrogens is 1. The molecule has 0 bridgehead atoms. The van der Waals surface area contributed by atoms with E-state index in [9.17, 15) is 14.0 Å². The van der Waals surface area contributed by atoms with Crippen molar-refractivity contribution >= 4 is 17.5 Å². The third kappa shape index (κ3) is 6.72. The van der Waals surface area contributed by atoms with Crippen LogP contribution in [0.15, 0.2) is 66.9 Å². The van der Waals surface area contributed by atoms with Crippen molar-refractivity contribution in [3.8, 4) is 5.75 Å². The molecule has 2 aliphatic heterocycles. The molecule has 2 aliphatic rings. The summed E-state index contributed by atoms with van der Waals surface area (Å²) in [5, 5.41) is 3.12. The van der Waals surface area contributed by atoms with Crippen LogP contribution in [0.3, 0.4) is 0 Å². The van der Waals surface area contributed by atoms with Crippen LogP contribution in [-0.2, 0) is 6.54 Å². The minimum Gasteiger partial charge on any atom is -0.497 e. The molecule has 9 heteroatoms. The maximum absolute atomic E-state index is 13.1. The van der Waals surface area contributed by atoms with Crippen LogP contribution in [-0.4, -0.2) is 79.0 Å². The SMILES string of the molecule is COc1ccc(N2CCC(NC(=O)c3ccc(C(=O)N4CCN(Cc5ccc(F)cc5)CC4)nc3)CC2)cc1. The molecule has 3 aromatic rings. The first-order chi connectivity index (χ1) is 19.0. The lowest BCUT2D eigenvalue weighted by Crippen LogP contribution is -2.48. The first-order valence-electron chi connectivity index (χ1n) is 13.4. The molecule has 1 aromatic heterocycles. The van der Waals surface area contributed by atoms with E-state index >= 15 is 0 Å². The highest BCUT2D eigenvalue weighted by molar-refractivity contribution is 5.96. The van der Waals surface area contributed by atoms with Crippen LogP contribution >= 0.6 is 0 Å². The molecule has 0 saturated carbocycles. The molecule has 0 radical (unpaired) electrons. The summed E-state index contributed by atoms with van der Waals surface area (Å²) in [6.07, 6.45) is 3.20. The van der Waals surface area contributed by atoms with E-state index in [1.165, 1.54) is 18.3 Å². The van der Waals surface area contributed by atoms with Crippen LogP contribution in [0.1, 0.15) is 39.3 Å². The number of hydrogen-bond acceptors (Lipinski definition) is 6. The minimum atomic E-state index is -0.240. The largest absolute Gasteiger partial charge is 0.497 e. The summed E-state index contributed by atoms with van der Waals surface area (Å²) in [4.78, 5) is 36.5. The number of amides is 2. The third-order valence-corrected chi connectivity index (χ3v) is 7.49. The summed E-state index contributed by atoms with van der Waals surface area (Å²) in [5.74, 6) is 0.299. The number of pyridine rings is 1. The molecule has 2 saturated heterocycles. The number of carbonyl (C=O) groups excluding carboxylic acids is 2. The number of hydrogen-bond donors (Lipinski definition) is 1. The van der Waals surface area contributed by atoms with Gasteiger partial charge in [0.05, 0.1) is 12.7 Å². The van der Waals surface area contributed by atoms with E-state index in [0.717, 1.165) is 62.6 Å². The Balaban J connectivity index is 1.07. The van der Waals surface area contributed by atoms with Gasteiger partial charge in [-0.1, -0.05) is 12.1 Å².